The number of hydrogen-bond acceptors (Lipinski definition) is 3. The average Bonchev–Trinajstić information content (AvgIpc) is 2.71. The first-order valence-corrected chi connectivity index (χ1v) is 6.13. The van der Waals surface area contributed by atoms with Crippen molar-refractivity contribution in [3.05, 3.63) is 12.7 Å². The van der Waals surface area contributed by atoms with Crippen molar-refractivity contribution in [3.63, 3.8) is 0 Å². The molecule has 0 aliphatic carbocycles. The Morgan fingerprint density at radius 1 is 1.61 bits per heavy atom. The standard InChI is InChI=1S/C12H21N3O3/c1-3-5-10(11(16)17)14-12(18)13-8-9-6-4-7-15(9)2/h3,9-10H,1,4-8H2,2H3,(H,16,17)(H2,13,14,18). The van der Waals surface area contributed by atoms with E-state index in [-0.39, 0.29) is 6.42 Å². The van der Waals surface area contributed by atoms with Gasteiger partial charge in [0.15, 0.2) is 0 Å². The summed E-state index contributed by atoms with van der Waals surface area (Å²) >= 11 is 0. The van der Waals surface area contributed by atoms with Crippen LogP contribution in [-0.4, -0.2) is 54.2 Å². The van der Waals surface area contributed by atoms with Crippen molar-refractivity contribution in [2.75, 3.05) is 20.1 Å². The lowest BCUT2D eigenvalue weighted by Gasteiger charge is -2.20. The Kier molecular flexibility index (Phi) is 5.64. The van der Waals surface area contributed by atoms with E-state index in [0.29, 0.717) is 12.6 Å². The number of nitrogens with one attached hydrogen (secondary N) is 2. The SMILES string of the molecule is C=CCC(NC(=O)NCC1CCCN1C)C(=O)O. The van der Waals surface area contributed by atoms with E-state index in [0.717, 1.165) is 19.4 Å². The van der Waals surface area contributed by atoms with Crippen LogP contribution < -0.4 is 10.6 Å². The Morgan fingerprint density at radius 3 is 2.83 bits per heavy atom. The van der Waals surface area contributed by atoms with Crippen molar-refractivity contribution in [2.24, 2.45) is 0 Å². The van der Waals surface area contributed by atoms with Crippen LogP contribution in [0.1, 0.15) is 19.3 Å². The normalized spacial score (nSPS) is 21.3. The van der Waals surface area contributed by atoms with E-state index >= 15 is 0 Å². The molecule has 2 atom stereocenters. The van der Waals surface area contributed by atoms with Crippen LogP contribution in [0.5, 0.6) is 0 Å². The highest BCUT2D eigenvalue weighted by molar-refractivity contribution is 5.82. The minimum atomic E-state index is -1.05. The van der Waals surface area contributed by atoms with Gasteiger partial charge in [0.2, 0.25) is 0 Å². The molecule has 0 saturated carbocycles. The van der Waals surface area contributed by atoms with Gasteiger partial charge < -0.3 is 20.6 Å². The number of urea groups is 1. The third kappa shape index (κ3) is 4.37. The minimum Gasteiger partial charge on any atom is -0.480 e. The van der Waals surface area contributed by atoms with Gasteiger partial charge in [0.1, 0.15) is 6.04 Å². The molecule has 1 saturated heterocycles. The van der Waals surface area contributed by atoms with E-state index < -0.39 is 18.0 Å². The lowest BCUT2D eigenvalue weighted by Crippen LogP contribution is -2.48. The van der Waals surface area contributed by atoms with Gasteiger partial charge in [0, 0.05) is 12.6 Å². The van der Waals surface area contributed by atoms with Gasteiger partial charge in [-0.1, -0.05) is 6.08 Å². The van der Waals surface area contributed by atoms with Gasteiger partial charge in [-0.3, -0.25) is 0 Å². The molecule has 1 fully saturated rings. The van der Waals surface area contributed by atoms with Crippen molar-refractivity contribution in [1.82, 2.24) is 15.5 Å². The quantitative estimate of drug-likeness (QED) is 0.600. The zero-order valence-corrected chi connectivity index (χ0v) is 10.7. The Labute approximate surface area is 107 Å². The summed E-state index contributed by atoms with van der Waals surface area (Å²) in [6, 6.07) is -1.01. The third-order valence-electron chi connectivity index (χ3n) is 3.18. The molecule has 2 unspecified atom stereocenters. The first-order valence-electron chi connectivity index (χ1n) is 6.13. The topological polar surface area (TPSA) is 81.7 Å². The number of likely N-dealkylation sites (N-methyl/N-ethyl adjacent to an activating group) is 1. The molecule has 2 amide bonds. The smallest absolute Gasteiger partial charge is 0.326 e. The second kappa shape index (κ2) is 7.00. The number of carboxylic acids is 1. The Balaban J connectivity index is 2.31. The van der Waals surface area contributed by atoms with Gasteiger partial charge >= 0.3 is 12.0 Å². The van der Waals surface area contributed by atoms with Crippen LogP contribution in [0.25, 0.3) is 0 Å². The van der Waals surface area contributed by atoms with Gasteiger partial charge in [-0.15, -0.1) is 6.58 Å². The molecule has 0 aromatic rings. The second-order valence-corrected chi connectivity index (χ2v) is 4.55. The number of nitrogens with zero attached hydrogens (tertiary/aromatic N) is 1. The van der Waals surface area contributed by atoms with Crippen LogP contribution in [0.2, 0.25) is 0 Å². The molecule has 0 bridgehead atoms. The molecule has 1 aliphatic heterocycles. The molecule has 18 heavy (non-hydrogen) atoms. The number of carboxylic acid groups (broad SMARTS) is 1. The lowest BCUT2D eigenvalue weighted by molar-refractivity contribution is -0.139. The number of amides is 2. The van der Waals surface area contributed by atoms with Crippen LogP contribution in [0.15, 0.2) is 12.7 Å². The van der Waals surface area contributed by atoms with Crippen molar-refractivity contribution in [3.8, 4) is 0 Å². The van der Waals surface area contributed by atoms with E-state index in [1.165, 1.54) is 6.08 Å². The van der Waals surface area contributed by atoms with Crippen molar-refractivity contribution < 1.29 is 14.7 Å². The summed E-state index contributed by atoms with van der Waals surface area (Å²) in [6.45, 7) is 5.06. The zero-order chi connectivity index (χ0) is 13.5. The summed E-state index contributed by atoms with van der Waals surface area (Å²) in [6.07, 6.45) is 3.89. The summed E-state index contributed by atoms with van der Waals surface area (Å²) in [5.41, 5.74) is 0. The third-order valence-corrected chi connectivity index (χ3v) is 3.18. The molecule has 1 heterocycles. The molecule has 0 radical (unpaired) electrons. The minimum absolute atomic E-state index is 0.214. The monoisotopic (exact) mass is 255 g/mol. The fourth-order valence-electron chi connectivity index (χ4n) is 2.05. The van der Waals surface area contributed by atoms with E-state index in [4.69, 9.17) is 5.11 Å². The van der Waals surface area contributed by atoms with E-state index in [1.54, 1.807) is 0 Å². The van der Waals surface area contributed by atoms with Gasteiger partial charge in [-0.2, -0.15) is 0 Å². The zero-order valence-electron chi connectivity index (χ0n) is 10.7. The van der Waals surface area contributed by atoms with E-state index in [2.05, 4.69) is 22.1 Å². The molecule has 0 aromatic heterocycles. The highest BCUT2D eigenvalue weighted by atomic mass is 16.4. The molecule has 1 aliphatic rings. The van der Waals surface area contributed by atoms with Gasteiger partial charge in [0.05, 0.1) is 0 Å². The van der Waals surface area contributed by atoms with Gasteiger partial charge in [-0.05, 0) is 32.9 Å². The second-order valence-electron chi connectivity index (χ2n) is 4.55. The summed E-state index contributed by atoms with van der Waals surface area (Å²) in [5, 5.41) is 14.0. The molecule has 1 rings (SSSR count). The molecule has 0 spiro atoms. The van der Waals surface area contributed by atoms with Crippen LogP contribution in [-0.2, 0) is 4.79 Å². The van der Waals surface area contributed by atoms with Crippen LogP contribution in [0.3, 0.4) is 0 Å². The maximum atomic E-state index is 11.6. The number of rotatable bonds is 6. The molecule has 0 aromatic carbocycles. The predicted molar refractivity (Wildman–Crippen MR) is 68.4 cm³/mol. The first kappa shape index (κ1) is 14.5. The molecular formula is C12H21N3O3. The Morgan fingerprint density at radius 2 is 2.33 bits per heavy atom. The maximum absolute atomic E-state index is 11.6. The Bertz CT molecular complexity index is 320. The fraction of sp³-hybridized carbons (Fsp3) is 0.667. The van der Waals surface area contributed by atoms with E-state index in [1.807, 2.05) is 7.05 Å². The number of carbonyl (C=O) groups excluding carboxylic acids is 1. The lowest BCUT2D eigenvalue weighted by atomic mass is 10.2. The average molecular weight is 255 g/mol. The van der Waals surface area contributed by atoms with Gasteiger partial charge in [0.25, 0.3) is 0 Å². The summed E-state index contributed by atoms with van der Waals surface area (Å²) in [4.78, 5) is 24.6. The number of carbonyl (C=O) groups is 2. The largest absolute Gasteiger partial charge is 0.480 e. The maximum Gasteiger partial charge on any atom is 0.326 e. The molecule has 6 heteroatoms. The predicted octanol–water partition coefficient (Wildman–Crippen LogP) is 0.409. The molecular weight excluding hydrogens is 234 g/mol. The number of hydrogen-bond donors (Lipinski definition) is 3. The van der Waals surface area contributed by atoms with Crippen LogP contribution >= 0.6 is 0 Å². The summed E-state index contributed by atoms with van der Waals surface area (Å²) < 4.78 is 0. The van der Waals surface area contributed by atoms with Crippen LogP contribution in [0.4, 0.5) is 4.79 Å². The summed E-state index contributed by atoms with van der Waals surface area (Å²) in [5.74, 6) is -1.05. The van der Waals surface area contributed by atoms with Crippen molar-refractivity contribution in [2.45, 2.75) is 31.3 Å². The van der Waals surface area contributed by atoms with E-state index in [9.17, 15) is 9.59 Å². The molecule has 3 N–H and O–H groups in total. The fourth-order valence-corrected chi connectivity index (χ4v) is 2.05. The Hall–Kier alpha value is -1.56. The summed E-state index contributed by atoms with van der Waals surface area (Å²) in [7, 11) is 2.02. The number of aliphatic carboxylic acids is 1. The molecule has 6 nitrogen and oxygen atoms in total. The van der Waals surface area contributed by atoms with Crippen molar-refractivity contribution >= 4 is 12.0 Å². The highest BCUT2D eigenvalue weighted by Crippen LogP contribution is 2.13. The highest BCUT2D eigenvalue weighted by Gasteiger charge is 2.22. The molecule has 102 valence electrons. The van der Waals surface area contributed by atoms with Crippen molar-refractivity contribution in [1.29, 1.82) is 0 Å². The first-order chi connectivity index (χ1) is 8.54. The van der Waals surface area contributed by atoms with Crippen LogP contribution in [0, 0.1) is 0 Å². The van der Waals surface area contributed by atoms with Gasteiger partial charge in [-0.25, -0.2) is 9.59 Å². The number of likely N-dealkylation sites (tertiary alicyclic amines) is 1.